The third-order valence-electron chi connectivity index (χ3n) is 10.6. The molecule has 0 saturated carbocycles. The van der Waals surface area contributed by atoms with Crippen molar-refractivity contribution >= 4 is 35.3 Å². The lowest BCUT2D eigenvalue weighted by molar-refractivity contribution is -0.131. The maximum Gasteiger partial charge on any atom is 0.407 e. The lowest BCUT2D eigenvalue weighted by Gasteiger charge is -2.38. The van der Waals surface area contributed by atoms with Crippen molar-refractivity contribution in [2.45, 2.75) is 105 Å². The predicted molar refractivity (Wildman–Crippen MR) is 230 cm³/mol. The number of carboxylic acid groups (broad SMARTS) is 1. The Morgan fingerprint density at radius 2 is 1.53 bits per heavy atom. The number of hydrogen-bond acceptors (Lipinski definition) is 8. The molecule has 0 bridgehead atoms. The van der Waals surface area contributed by atoms with Crippen molar-refractivity contribution in [2.75, 3.05) is 20.1 Å². The molecule has 1 fully saturated rings. The van der Waals surface area contributed by atoms with Gasteiger partial charge in [0, 0.05) is 43.3 Å². The molecule has 316 valence electrons. The van der Waals surface area contributed by atoms with Crippen LogP contribution in [0.1, 0.15) is 69.8 Å². The minimum Gasteiger partial charge on any atom is -0.465 e. The number of urea groups is 1. The number of aryl methyl sites for hydroxylation is 1. The molecular weight excluding hydrogens is 767 g/mol. The molecule has 1 saturated heterocycles. The second-order valence-corrected chi connectivity index (χ2v) is 18.7. The molecule has 4 aromatic rings. The molecule has 0 unspecified atom stereocenters. The van der Waals surface area contributed by atoms with Crippen LogP contribution in [0.3, 0.4) is 0 Å². The van der Waals surface area contributed by atoms with E-state index < -0.39 is 59.0 Å². The number of aromatic nitrogens is 2. The molecule has 5 atom stereocenters. The highest BCUT2D eigenvalue weighted by molar-refractivity contribution is 7.09. The van der Waals surface area contributed by atoms with Crippen LogP contribution in [0.4, 0.5) is 9.59 Å². The first kappa shape index (κ1) is 44.8. The van der Waals surface area contributed by atoms with Crippen LogP contribution in [0, 0.1) is 17.8 Å². The summed E-state index contributed by atoms with van der Waals surface area (Å²) in [6.07, 6.45) is -0.0537. The topological polar surface area (TPSA) is 168 Å². The van der Waals surface area contributed by atoms with Gasteiger partial charge in [0.2, 0.25) is 11.8 Å². The Kier molecular flexibility index (Phi) is 14.5. The minimum absolute atomic E-state index is 0.0306. The van der Waals surface area contributed by atoms with Crippen molar-refractivity contribution in [2.24, 2.45) is 10.8 Å². The summed E-state index contributed by atoms with van der Waals surface area (Å²) in [7, 11) is 1.37. The summed E-state index contributed by atoms with van der Waals surface area (Å²) in [6.45, 7) is 14.3. The van der Waals surface area contributed by atoms with E-state index in [-0.39, 0.29) is 18.9 Å². The van der Waals surface area contributed by atoms with Gasteiger partial charge >= 0.3 is 12.1 Å². The van der Waals surface area contributed by atoms with Gasteiger partial charge in [-0.1, -0.05) is 102 Å². The number of nitrogens with one attached hydrogen (secondary N) is 2. The fourth-order valence-corrected chi connectivity index (χ4v) is 8.50. The van der Waals surface area contributed by atoms with E-state index in [4.69, 9.17) is 0 Å². The molecular formula is C45H59N7O6S. The fraction of sp³-hybridized carbons (Fsp3) is 0.467. The first-order chi connectivity index (χ1) is 27.8. The molecule has 0 aliphatic carbocycles. The van der Waals surface area contributed by atoms with Crippen molar-refractivity contribution in [3.8, 4) is 11.3 Å². The number of nitrogens with zero attached hydrogens (tertiary/aromatic N) is 5. The van der Waals surface area contributed by atoms with Crippen molar-refractivity contribution in [1.29, 1.82) is 0 Å². The van der Waals surface area contributed by atoms with Gasteiger partial charge < -0.3 is 30.6 Å². The van der Waals surface area contributed by atoms with E-state index >= 15 is 0 Å². The average molecular weight is 826 g/mol. The van der Waals surface area contributed by atoms with Gasteiger partial charge in [0.05, 0.1) is 35.1 Å². The number of hydrogen-bond donors (Lipinski definition) is 4. The standard InChI is InChI=1S/C45H59N7O6S/c1-29-47-34(28-59-29)27-51-22-23-52(42(51)56)39(45(5,6)7)41(55)49-36(25-30-14-10-9-11-15-30)37(53)26-33(48-40(54)38(44(2,3)4)50(8)43(57)58)24-31-17-19-32(20-18-31)35-16-12-13-21-46-35/h9-21,28,33,36-39,53H,22-27H2,1-8H3,(H,48,54)(H,49,55)(H,57,58)/t33-,36+,37+,38-,39-/m1/s1. The molecule has 13 nitrogen and oxygen atoms in total. The Balaban J connectivity index is 1.42. The van der Waals surface area contributed by atoms with Crippen molar-refractivity contribution in [1.82, 2.24) is 35.3 Å². The summed E-state index contributed by atoms with van der Waals surface area (Å²) in [6, 6.07) is 19.4. The third-order valence-corrected chi connectivity index (χ3v) is 11.5. The molecule has 1 aliphatic rings. The SMILES string of the molecule is Cc1nc(CN2CCN([C@H](C(=O)N[C@@H](Cc3ccccc3)[C@@H](O)C[C@@H](Cc3ccc(-c4ccccn4)cc3)NC(=O)[C@@H](N(C)C(=O)O)C(C)(C)C)C(C)(C)C)C2=O)cs1. The maximum atomic E-state index is 14.6. The Labute approximate surface area is 351 Å². The zero-order chi connectivity index (χ0) is 43.1. The van der Waals surface area contributed by atoms with Crippen molar-refractivity contribution in [3.05, 3.63) is 106 Å². The first-order valence-electron chi connectivity index (χ1n) is 20.1. The van der Waals surface area contributed by atoms with Crippen LogP contribution in [0.15, 0.2) is 84.4 Å². The third kappa shape index (κ3) is 11.9. The molecule has 4 N–H and O–H groups in total. The van der Waals surface area contributed by atoms with E-state index in [2.05, 4.69) is 20.6 Å². The summed E-state index contributed by atoms with van der Waals surface area (Å²) < 4.78 is 0. The van der Waals surface area contributed by atoms with Crippen LogP contribution in [0.25, 0.3) is 11.3 Å². The van der Waals surface area contributed by atoms with Gasteiger partial charge in [-0.25, -0.2) is 14.6 Å². The number of carbonyl (C=O) groups is 4. The number of aliphatic hydroxyl groups is 1. The van der Waals surface area contributed by atoms with Gasteiger partial charge in [-0.3, -0.25) is 19.5 Å². The number of rotatable bonds is 16. The monoisotopic (exact) mass is 825 g/mol. The summed E-state index contributed by atoms with van der Waals surface area (Å²) in [4.78, 5) is 68.0. The van der Waals surface area contributed by atoms with Gasteiger partial charge in [-0.15, -0.1) is 11.3 Å². The second-order valence-electron chi connectivity index (χ2n) is 17.6. The van der Waals surface area contributed by atoms with Crippen LogP contribution >= 0.6 is 11.3 Å². The van der Waals surface area contributed by atoms with Gasteiger partial charge in [0.15, 0.2) is 0 Å². The Morgan fingerprint density at radius 3 is 2.10 bits per heavy atom. The normalized spacial score (nSPS) is 15.9. The van der Waals surface area contributed by atoms with E-state index in [9.17, 15) is 29.4 Å². The average Bonchev–Trinajstić information content (AvgIpc) is 3.74. The minimum atomic E-state index is -1.24. The number of likely N-dealkylation sites (N-methyl/N-ethyl adjacent to an activating group) is 1. The van der Waals surface area contributed by atoms with Gasteiger partial charge in [0.25, 0.3) is 0 Å². The summed E-state index contributed by atoms with van der Waals surface area (Å²) in [5.41, 5.74) is 2.89. The summed E-state index contributed by atoms with van der Waals surface area (Å²) in [5.74, 6) is -0.884. The molecule has 3 heterocycles. The first-order valence-corrected chi connectivity index (χ1v) is 20.9. The molecule has 14 heteroatoms. The molecule has 59 heavy (non-hydrogen) atoms. The molecule has 1 aliphatic heterocycles. The highest BCUT2D eigenvalue weighted by atomic mass is 32.1. The van der Waals surface area contributed by atoms with Crippen LogP contribution in [-0.4, -0.2) is 109 Å². The van der Waals surface area contributed by atoms with E-state index in [0.717, 1.165) is 38.0 Å². The Hall–Kier alpha value is -5.34. The highest BCUT2D eigenvalue weighted by Gasteiger charge is 2.45. The van der Waals surface area contributed by atoms with E-state index in [1.54, 1.807) is 36.8 Å². The van der Waals surface area contributed by atoms with E-state index in [0.29, 0.717) is 26.1 Å². The zero-order valence-electron chi connectivity index (χ0n) is 35.4. The molecule has 0 radical (unpaired) electrons. The van der Waals surface area contributed by atoms with Crippen molar-refractivity contribution < 1.29 is 29.4 Å². The number of pyridine rings is 1. The lowest BCUT2D eigenvalue weighted by atomic mass is 9.84. The lowest BCUT2D eigenvalue weighted by Crippen LogP contribution is -2.59. The number of amides is 5. The molecule has 2 aromatic carbocycles. The van der Waals surface area contributed by atoms with Crippen LogP contribution in [-0.2, 0) is 29.0 Å². The smallest absolute Gasteiger partial charge is 0.407 e. The fourth-order valence-electron chi connectivity index (χ4n) is 7.90. The summed E-state index contributed by atoms with van der Waals surface area (Å²) >= 11 is 1.53. The second kappa shape index (κ2) is 19.2. The number of carbonyl (C=O) groups excluding carboxylic acids is 3. The maximum absolute atomic E-state index is 14.6. The molecule has 5 rings (SSSR count). The summed E-state index contributed by atoms with van der Waals surface area (Å²) in [5, 5.41) is 31.2. The number of thiazole rings is 1. The molecule has 2 aromatic heterocycles. The van der Waals surface area contributed by atoms with Crippen LogP contribution in [0.2, 0.25) is 0 Å². The van der Waals surface area contributed by atoms with E-state index in [1.165, 1.54) is 18.4 Å². The Morgan fingerprint density at radius 1 is 0.864 bits per heavy atom. The van der Waals surface area contributed by atoms with E-state index in [1.807, 2.05) is 106 Å². The van der Waals surface area contributed by atoms with Gasteiger partial charge in [0.1, 0.15) is 12.1 Å². The number of benzene rings is 2. The predicted octanol–water partition coefficient (Wildman–Crippen LogP) is 6.40. The van der Waals surface area contributed by atoms with Gasteiger partial charge in [-0.2, -0.15) is 0 Å². The molecule has 0 spiro atoms. The Bertz CT molecular complexity index is 2030. The zero-order valence-corrected chi connectivity index (χ0v) is 36.2. The molecule has 5 amide bonds. The van der Waals surface area contributed by atoms with Gasteiger partial charge in [-0.05, 0) is 60.3 Å². The number of aliphatic hydroxyl groups excluding tert-OH is 1. The van der Waals surface area contributed by atoms with Crippen molar-refractivity contribution in [3.63, 3.8) is 0 Å². The van der Waals surface area contributed by atoms with Crippen LogP contribution in [0.5, 0.6) is 0 Å². The quantitative estimate of drug-likeness (QED) is 0.101. The largest absolute Gasteiger partial charge is 0.465 e. The highest BCUT2D eigenvalue weighted by Crippen LogP contribution is 2.30. The van der Waals surface area contributed by atoms with Crippen LogP contribution < -0.4 is 10.6 Å².